The number of nitrogens with zero attached hydrogens (tertiary/aromatic N) is 1. The second-order valence-corrected chi connectivity index (χ2v) is 8.36. The highest BCUT2D eigenvalue weighted by molar-refractivity contribution is 7.94. The largest absolute Gasteiger partial charge is 0.304 e. The Morgan fingerprint density at radius 1 is 1.23 bits per heavy atom. The maximum atomic E-state index is 12.7. The number of hydrogen-bond donors (Lipinski definition) is 0. The lowest BCUT2D eigenvalue weighted by atomic mass is 10.1. The van der Waals surface area contributed by atoms with Crippen molar-refractivity contribution in [2.75, 3.05) is 10.7 Å². The number of carbonyl (C=O) groups is 1. The molecule has 0 bridgehead atoms. The van der Waals surface area contributed by atoms with Gasteiger partial charge in [0.2, 0.25) is 5.91 Å². The average Bonchev–Trinajstić information content (AvgIpc) is 2.67. The van der Waals surface area contributed by atoms with Crippen LogP contribution >= 0.6 is 0 Å². The summed E-state index contributed by atoms with van der Waals surface area (Å²) in [7, 11) is -3.21. The molecule has 0 aromatic heterocycles. The molecule has 0 unspecified atom stereocenters. The molecule has 4 nitrogen and oxygen atoms in total. The van der Waals surface area contributed by atoms with Gasteiger partial charge in [-0.05, 0) is 49.1 Å². The Labute approximate surface area is 132 Å². The summed E-state index contributed by atoms with van der Waals surface area (Å²) in [5.41, 5.74) is 2.89. The number of rotatable bonds is 4. The van der Waals surface area contributed by atoms with Gasteiger partial charge in [0.15, 0.2) is 9.84 Å². The van der Waals surface area contributed by atoms with E-state index in [0.717, 1.165) is 16.8 Å². The molecule has 120 valence electrons. The molecule has 0 aliphatic carbocycles. The smallest absolute Gasteiger partial charge is 0.227 e. The summed E-state index contributed by atoms with van der Waals surface area (Å²) in [5.74, 6) is 0.152. The molecule has 0 radical (unpaired) electrons. The summed E-state index contributed by atoms with van der Waals surface area (Å²) in [4.78, 5) is 14.3. The maximum Gasteiger partial charge on any atom is 0.227 e. The Morgan fingerprint density at radius 2 is 1.82 bits per heavy atom. The van der Waals surface area contributed by atoms with Crippen LogP contribution in [-0.4, -0.2) is 26.1 Å². The minimum absolute atomic E-state index is 0.0354. The molecule has 0 saturated carbocycles. The van der Waals surface area contributed by atoms with E-state index in [1.165, 1.54) is 5.41 Å². The molecule has 1 aliphatic heterocycles. The minimum Gasteiger partial charge on any atom is -0.304 e. The van der Waals surface area contributed by atoms with Crippen LogP contribution in [0.15, 0.2) is 29.7 Å². The van der Waals surface area contributed by atoms with Gasteiger partial charge in [0, 0.05) is 17.5 Å². The van der Waals surface area contributed by atoms with Crippen LogP contribution in [0.2, 0.25) is 0 Å². The Hall–Kier alpha value is -1.62. The van der Waals surface area contributed by atoms with Crippen molar-refractivity contribution in [3.05, 3.63) is 40.8 Å². The van der Waals surface area contributed by atoms with E-state index < -0.39 is 15.9 Å². The molecule has 1 heterocycles. The Morgan fingerprint density at radius 3 is 2.27 bits per heavy atom. The van der Waals surface area contributed by atoms with Crippen LogP contribution in [0, 0.1) is 19.8 Å². The van der Waals surface area contributed by atoms with Crippen LogP contribution < -0.4 is 4.90 Å². The van der Waals surface area contributed by atoms with Gasteiger partial charge >= 0.3 is 0 Å². The molecule has 1 aliphatic rings. The van der Waals surface area contributed by atoms with Gasteiger partial charge in [-0.15, -0.1) is 0 Å². The van der Waals surface area contributed by atoms with E-state index in [-0.39, 0.29) is 17.6 Å². The third-order valence-corrected chi connectivity index (χ3v) is 4.96. The highest BCUT2D eigenvalue weighted by atomic mass is 32.2. The molecule has 5 heteroatoms. The minimum atomic E-state index is -3.21. The molecule has 0 fully saturated rings. The van der Waals surface area contributed by atoms with Crippen molar-refractivity contribution in [1.29, 1.82) is 0 Å². The molecule has 22 heavy (non-hydrogen) atoms. The highest BCUT2D eigenvalue weighted by Crippen LogP contribution is 2.26. The summed E-state index contributed by atoms with van der Waals surface area (Å²) >= 11 is 0. The topological polar surface area (TPSA) is 54.5 Å². The molecule has 1 aromatic rings. The third kappa shape index (κ3) is 3.97. The summed E-state index contributed by atoms with van der Waals surface area (Å²) < 4.78 is 23.5. The van der Waals surface area contributed by atoms with Crippen LogP contribution in [-0.2, 0) is 14.6 Å². The average molecular weight is 321 g/mol. The van der Waals surface area contributed by atoms with Gasteiger partial charge in [0.1, 0.15) is 0 Å². The van der Waals surface area contributed by atoms with Gasteiger partial charge in [-0.2, -0.15) is 0 Å². The van der Waals surface area contributed by atoms with Crippen LogP contribution in [0.1, 0.15) is 31.4 Å². The lowest BCUT2D eigenvalue weighted by Crippen LogP contribution is -2.41. The molecular formula is C17H23NO3S. The molecule has 1 amide bonds. The van der Waals surface area contributed by atoms with Crippen molar-refractivity contribution in [1.82, 2.24) is 0 Å². The predicted octanol–water partition coefficient (Wildman–Crippen LogP) is 2.99. The zero-order valence-corrected chi connectivity index (χ0v) is 14.4. The Bertz CT molecular complexity index is 684. The summed E-state index contributed by atoms with van der Waals surface area (Å²) in [5, 5.41) is 1.22. The summed E-state index contributed by atoms with van der Waals surface area (Å²) in [6.45, 7) is 7.92. The van der Waals surface area contributed by atoms with Crippen molar-refractivity contribution in [3.63, 3.8) is 0 Å². The van der Waals surface area contributed by atoms with Crippen molar-refractivity contribution in [2.45, 2.75) is 40.2 Å². The quantitative estimate of drug-likeness (QED) is 0.856. The number of hydrogen-bond acceptors (Lipinski definition) is 3. The van der Waals surface area contributed by atoms with E-state index >= 15 is 0 Å². The first kappa shape index (κ1) is 16.7. The van der Waals surface area contributed by atoms with Crippen molar-refractivity contribution in [2.24, 2.45) is 5.92 Å². The highest BCUT2D eigenvalue weighted by Gasteiger charge is 2.31. The van der Waals surface area contributed by atoms with Crippen LogP contribution in [0.4, 0.5) is 5.69 Å². The van der Waals surface area contributed by atoms with E-state index in [9.17, 15) is 13.2 Å². The van der Waals surface area contributed by atoms with E-state index in [1.54, 1.807) is 11.0 Å². The lowest BCUT2D eigenvalue weighted by Gasteiger charge is -2.29. The molecule has 1 atom stereocenters. The van der Waals surface area contributed by atoms with Crippen LogP contribution in [0.25, 0.3) is 0 Å². The molecule has 0 saturated heterocycles. The fourth-order valence-electron chi connectivity index (χ4n) is 2.78. The fraction of sp³-hybridized carbons (Fsp3) is 0.471. The molecule has 0 spiro atoms. The maximum absolute atomic E-state index is 12.7. The molecule has 0 N–H and O–H groups in total. The second-order valence-electron chi connectivity index (χ2n) is 6.43. The second kappa shape index (κ2) is 6.24. The normalized spacial score (nSPS) is 19.6. The zero-order chi connectivity index (χ0) is 16.5. The first-order chi connectivity index (χ1) is 10.2. The monoisotopic (exact) mass is 321 g/mol. The predicted molar refractivity (Wildman–Crippen MR) is 89.6 cm³/mol. The third-order valence-electron chi connectivity index (χ3n) is 3.58. The van der Waals surface area contributed by atoms with E-state index in [1.807, 2.05) is 45.9 Å². The van der Waals surface area contributed by atoms with Gasteiger partial charge in [-0.3, -0.25) is 4.79 Å². The van der Waals surface area contributed by atoms with Gasteiger partial charge in [0.05, 0.1) is 11.8 Å². The first-order valence-corrected chi connectivity index (χ1v) is 9.21. The number of sulfone groups is 1. The molecule has 2 rings (SSSR count). The number of aryl methyl sites for hydroxylation is 2. The Balaban J connectivity index is 2.41. The number of carbonyl (C=O) groups excluding carboxylic acids is 1. The van der Waals surface area contributed by atoms with Gasteiger partial charge in [0.25, 0.3) is 0 Å². The van der Waals surface area contributed by atoms with Crippen molar-refractivity contribution >= 4 is 21.4 Å². The zero-order valence-electron chi connectivity index (χ0n) is 13.5. The van der Waals surface area contributed by atoms with Crippen LogP contribution in [0.5, 0.6) is 0 Å². The summed E-state index contributed by atoms with van der Waals surface area (Å²) in [6, 6.07) is 5.49. The number of anilines is 1. The SMILES string of the molecule is Cc1cc(C)cc(N(C(=O)CC(C)C)[C@H]2C=CS(=O)(=O)C2)c1. The summed E-state index contributed by atoms with van der Waals surface area (Å²) in [6.07, 6.45) is 2.02. The van der Waals surface area contributed by atoms with Crippen LogP contribution in [0.3, 0.4) is 0 Å². The molecular weight excluding hydrogens is 298 g/mol. The molecule has 1 aromatic carbocycles. The van der Waals surface area contributed by atoms with E-state index in [2.05, 4.69) is 0 Å². The first-order valence-electron chi connectivity index (χ1n) is 7.49. The van der Waals surface area contributed by atoms with E-state index in [4.69, 9.17) is 0 Å². The van der Waals surface area contributed by atoms with Crippen molar-refractivity contribution < 1.29 is 13.2 Å². The van der Waals surface area contributed by atoms with Gasteiger partial charge in [-0.1, -0.05) is 19.9 Å². The Kier molecular flexibility index (Phi) is 4.75. The lowest BCUT2D eigenvalue weighted by molar-refractivity contribution is -0.119. The van der Waals surface area contributed by atoms with Gasteiger partial charge < -0.3 is 4.90 Å². The number of amides is 1. The standard InChI is InChI=1S/C17H23NO3S/c1-12(2)7-17(19)18(15-5-6-22(20,21)11-15)16-9-13(3)8-14(4)10-16/h5-6,8-10,12,15H,7,11H2,1-4H3/t15-/m0/s1. The van der Waals surface area contributed by atoms with Crippen molar-refractivity contribution in [3.8, 4) is 0 Å². The van der Waals surface area contributed by atoms with E-state index in [0.29, 0.717) is 6.42 Å². The van der Waals surface area contributed by atoms with Gasteiger partial charge in [-0.25, -0.2) is 8.42 Å². The number of benzene rings is 1. The fourth-order valence-corrected chi connectivity index (χ4v) is 4.05.